The number of halogens is 1. The van der Waals surface area contributed by atoms with Crippen molar-refractivity contribution in [1.82, 2.24) is 0 Å². The van der Waals surface area contributed by atoms with Crippen molar-refractivity contribution in [2.75, 3.05) is 7.11 Å². The third-order valence-corrected chi connectivity index (χ3v) is 3.05. The molecule has 0 bridgehead atoms. The number of nitrogens with two attached hydrogens (primary N) is 2. The van der Waals surface area contributed by atoms with Gasteiger partial charge in [0.25, 0.3) is 0 Å². The molecule has 2 atom stereocenters. The lowest BCUT2D eigenvalue weighted by Gasteiger charge is -2.19. The molecule has 0 radical (unpaired) electrons. The Morgan fingerprint density at radius 3 is 2.65 bits per heavy atom. The molecule has 0 amide bonds. The van der Waals surface area contributed by atoms with Crippen LogP contribution in [0, 0.1) is 0 Å². The summed E-state index contributed by atoms with van der Waals surface area (Å²) in [6.45, 7) is 0. The minimum absolute atomic E-state index is 0.162. The Balaban J connectivity index is 2.85. The highest BCUT2D eigenvalue weighted by Crippen LogP contribution is 2.28. The third-order valence-electron chi connectivity index (χ3n) is 2.43. The largest absolute Gasteiger partial charge is 0.496 e. The highest BCUT2D eigenvalue weighted by atomic mass is 79.9. The molecule has 0 spiro atoms. The van der Waals surface area contributed by atoms with E-state index in [1.54, 1.807) is 25.3 Å². The Kier molecular flexibility index (Phi) is 4.92. The lowest BCUT2D eigenvalue weighted by Crippen LogP contribution is -2.36. The van der Waals surface area contributed by atoms with Crippen LogP contribution in [0.2, 0.25) is 0 Å². The van der Waals surface area contributed by atoms with Crippen LogP contribution in [0.25, 0.3) is 0 Å². The highest BCUT2D eigenvalue weighted by Gasteiger charge is 2.19. The van der Waals surface area contributed by atoms with Crippen LogP contribution in [-0.4, -0.2) is 24.2 Å². The average molecular weight is 303 g/mol. The SMILES string of the molecule is COc1ccc(C(N)C(N)CC(=O)O)cc1Br. The van der Waals surface area contributed by atoms with E-state index in [4.69, 9.17) is 21.3 Å². The Labute approximate surface area is 108 Å². The van der Waals surface area contributed by atoms with Gasteiger partial charge in [-0.2, -0.15) is 0 Å². The van der Waals surface area contributed by atoms with Crippen molar-refractivity contribution >= 4 is 21.9 Å². The number of benzene rings is 1. The van der Waals surface area contributed by atoms with Gasteiger partial charge >= 0.3 is 5.97 Å². The topological polar surface area (TPSA) is 98.6 Å². The van der Waals surface area contributed by atoms with E-state index in [0.29, 0.717) is 5.75 Å². The fourth-order valence-electron chi connectivity index (χ4n) is 1.47. The molecule has 0 heterocycles. The van der Waals surface area contributed by atoms with Gasteiger partial charge in [-0.3, -0.25) is 4.79 Å². The summed E-state index contributed by atoms with van der Waals surface area (Å²) < 4.78 is 5.85. The summed E-state index contributed by atoms with van der Waals surface area (Å²) in [7, 11) is 1.57. The normalized spacial score (nSPS) is 14.1. The Morgan fingerprint density at radius 1 is 1.53 bits per heavy atom. The van der Waals surface area contributed by atoms with E-state index in [0.717, 1.165) is 10.0 Å². The van der Waals surface area contributed by atoms with Crippen LogP contribution in [-0.2, 0) is 4.79 Å². The number of carboxylic acids is 1. The van der Waals surface area contributed by atoms with E-state index in [1.165, 1.54) is 0 Å². The van der Waals surface area contributed by atoms with Crippen LogP contribution in [0.1, 0.15) is 18.0 Å². The maximum absolute atomic E-state index is 10.5. The molecule has 94 valence electrons. The smallest absolute Gasteiger partial charge is 0.304 e. The molecule has 1 aromatic rings. The Hall–Kier alpha value is -1.11. The second-order valence-corrected chi connectivity index (χ2v) is 4.54. The first-order valence-corrected chi connectivity index (χ1v) is 5.81. The average Bonchev–Trinajstić information content (AvgIpc) is 2.27. The van der Waals surface area contributed by atoms with Gasteiger partial charge in [0.15, 0.2) is 0 Å². The zero-order valence-electron chi connectivity index (χ0n) is 9.39. The fourth-order valence-corrected chi connectivity index (χ4v) is 2.02. The molecule has 5 N–H and O–H groups in total. The van der Waals surface area contributed by atoms with Crippen molar-refractivity contribution in [2.24, 2.45) is 11.5 Å². The maximum Gasteiger partial charge on any atom is 0.304 e. The molecule has 17 heavy (non-hydrogen) atoms. The van der Waals surface area contributed by atoms with Crippen molar-refractivity contribution in [3.8, 4) is 5.75 Å². The second-order valence-electron chi connectivity index (χ2n) is 3.68. The summed E-state index contributed by atoms with van der Waals surface area (Å²) in [5, 5.41) is 8.65. The number of methoxy groups -OCH3 is 1. The van der Waals surface area contributed by atoms with Crippen LogP contribution >= 0.6 is 15.9 Å². The molecule has 1 aromatic carbocycles. The van der Waals surface area contributed by atoms with E-state index < -0.39 is 18.1 Å². The minimum atomic E-state index is -0.958. The van der Waals surface area contributed by atoms with Crippen LogP contribution < -0.4 is 16.2 Å². The second kappa shape index (κ2) is 6.00. The minimum Gasteiger partial charge on any atom is -0.496 e. The van der Waals surface area contributed by atoms with Gasteiger partial charge in [0.2, 0.25) is 0 Å². The van der Waals surface area contributed by atoms with Crippen molar-refractivity contribution in [3.63, 3.8) is 0 Å². The fraction of sp³-hybridized carbons (Fsp3) is 0.364. The van der Waals surface area contributed by atoms with Gasteiger partial charge in [0.1, 0.15) is 5.75 Å². The van der Waals surface area contributed by atoms with Gasteiger partial charge in [-0.1, -0.05) is 6.07 Å². The van der Waals surface area contributed by atoms with Crippen LogP contribution in [0.5, 0.6) is 5.75 Å². The lowest BCUT2D eigenvalue weighted by atomic mass is 9.98. The highest BCUT2D eigenvalue weighted by molar-refractivity contribution is 9.10. The van der Waals surface area contributed by atoms with Crippen molar-refractivity contribution in [2.45, 2.75) is 18.5 Å². The summed E-state index contributed by atoms with van der Waals surface area (Å²) in [6.07, 6.45) is -0.162. The van der Waals surface area contributed by atoms with E-state index in [1.807, 2.05) is 0 Å². The zero-order chi connectivity index (χ0) is 13.0. The first-order chi connectivity index (χ1) is 7.95. The van der Waals surface area contributed by atoms with E-state index in [2.05, 4.69) is 15.9 Å². The van der Waals surface area contributed by atoms with Gasteiger partial charge in [-0.15, -0.1) is 0 Å². The van der Waals surface area contributed by atoms with Crippen LogP contribution in [0.4, 0.5) is 0 Å². The van der Waals surface area contributed by atoms with Crippen molar-refractivity contribution < 1.29 is 14.6 Å². The molecule has 5 nitrogen and oxygen atoms in total. The van der Waals surface area contributed by atoms with E-state index in [9.17, 15) is 4.79 Å². The summed E-state index contributed by atoms with van der Waals surface area (Å²) in [5.74, 6) is -0.270. The predicted molar refractivity (Wildman–Crippen MR) is 67.9 cm³/mol. The van der Waals surface area contributed by atoms with E-state index in [-0.39, 0.29) is 6.42 Å². The molecule has 0 aliphatic heterocycles. The molecule has 0 aliphatic rings. The number of hydrogen-bond donors (Lipinski definition) is 3. The van der Waals surface area contributed by atoms with Gasteiger partial charge in [0.05, 0.1) is 18.0 Å². The monoisotopic (exact) mass is 302 g/mol. The summed E-state index contributed by atoms with van der Waals surface area (Å²) in [5.41, 5.74) is 12.4. The molecule has 6 heteroatoms. The number of hydrogen-bond acceptors (Lipinski definition) is 4. The zero-order valence-corrected chi connectivity index (χ0v) is 11.0. The van der Waals surface area contributed by atoms with Crippen molar-refractivity contribution in [1.29, 1.82) is 0 Å². The van der Waals surface area contributed by atoms with Gasteiger partial charge in [-0.25, -0.2) is 0 Å². The van der Waals surface area contributed by atoms with Gasteiger partial charge < -0.3 is 21.3 Å². The lowest BCUT2D eigenvalue weighted by molar-refractivity contribution is -0.137. The predicted octanol–water partition coefficient (Wildman–Crippen LogP) is 1.26. The van der Waals surface area contributed by atoms with Gasteiger partial charge in [-0.05, 0) is 33.6 Å². The molecule has 2 unspecified atom stereocenters. The third kappa shape index (κ3) is 3.69. The first kappa shape index (κ1) is 14.0. The maximum atomic E-state index is 10.5. The standard InChI is InChI=1S/C11H15BrN2O3/c1-17-9-3-2-6(4-7(9)12)11(14)8(13)5-10(15)16/h2-4,8,11H,5,13-14H2,1H3,(H,15,16). The molecule has 0 saturated carbocycles. The number of carboxylic acid groups (broad SMARTS) is 1. The number of aliphatic carboxylic acids is 1. The molecule has 0 fully saturated rings. The Morgan fingerprint density at radius 2 is 2.18 bits per heavy atom. The summed E-state index contributed by atoms with van der Waals surface area (Å²) >= 11 is 3.34. The van der Waals surface area contributed by atoms with Crippen LogP contribution in [0.3, 0.4) is 0 Å². The molecule has 0 saturated heterocycles. The summed E-state index contributed by atoms with van der Waals surface area (Å²) in [4.78, 5) is 10.5. The first-order valence-electron chi connectivity index (χ1n) is 5.02. The number of rotatable bonds is 5. The number of ether oxygens (including phenoxy) is 1. The molecular formula is C11H15BrN2O3. The summed E-state index contributed by atoms with van der Waals surface area (Å²) in [6, 6.07) is 4.18. The Bertz CT molecular complexity index is 412. The molecule has 0 aliphatic carbocycles. The number of carbonyl (C=O) groups is 1. The van der Waals surface area contributed by atoms with Crippen LogP contribution in [0.15, 0.2) is 22.7 Å². The molecular weight excluding hydrogens is 288 g/mol. The van der Waals surface area contributed by atoms with E-state index >= 15 is 0 Å². The quantitative estimate of drug-likeness (QED) is 0.760. The molecule has 0 aromatic heterocycles. The van der Waals surface area contributed by atoms with Gasteiger partial charge in [0, 0.05) is 12.1 Å². The molecule has 1 rings (SSSR count). The van der Waals surface area contributed by atoms with Crippen molar-refractivity contribution in [3.05, 3.63) is 28.2 Å².